The van der Waals surface area contributed by atoms with Gasteiger partial charge in [0, 0.05) is 37.4 Å². The Kier molecular flexibility index (Phi) is 6.47. The number of halogens is 1. The number of aryl methyl sites for hydroxylation is 2. The fourth-order valence-electron chi connectivity index (χ4n) is 4.72. The molecule has 2 aromatic carbocycles. The molecule has 0 aliphatic carbocycles. The van der Waals surface area contributed by atoms with E-state index in [9.17, 15) is 9.59 Å². The predicted molar refractivity (Wildman–Crippen MR) is 125 cm³/mol. The average molecular weight is 456 g/mol. The molecule has 5 nitrogen and oxygen atoms in total. The number of benzene rings is 2. The van der Waals surface area contributed by atoms with Crippen molar-refractivity contribution in [1.82, 2.24) is 4.90 Å². The Balaban J connectivity index is 1.30. The van der Waals surface area contributed by atoms with Crippen molar-refractivity contribution >= 4 is 23.3 Å². The van der Waals surface area contributed by atoms with Gasteiger partial charge in [-0.3, -0.25) is 9.59 Å². The van der Waals surface area contributed by atoms with Crippen LogP contribution >= 0.6 is 11.6 Å². The van der Waals surface area contributed by atoms with E-state index in [1.807, 2.05) is 56.0 Å². The minimum atomic E-state index is -0.526. The zero-order valence-corrected chi connectivity index (χ0v) is 19.8. The standard InChI is InChI=1S/C26H30ClNO4/c1-17-7-4-5-8-21(17)31-14-6-9-23(30)28-12-10-26(11-13-28)16-20(29)24-19(3)25(27)18(2)15-22(24)32-26/h4-5,7-8,15H,6,9-14,16H2,1-3H3. The number of piperidine rings is 1. The van der Waals surface area contributed by atoms with E-state index in [1.54, 1.807) is 0 Å². The van der Waals surface area contributed by atoms with Gasteiger partial charge >= 0.3 is 0 Å². The van der Waals surface area contributed by atoms with Crippen molar-refractivity contribution in [2.75, 3.05) is 19.7 Å². The van der Waals surface area contributed by atoms with Gasteiger partial charge in [0.25, 0.3) is 0 Å². The summed E-state index contributed by atoms with van der Waals surface area (Å²) in [6.45, 7) is 7.53. The molecule has 0 radical (unpaired) electrons. The van der Waals surface area contributed by atoms with Gasteiger partial charge in [0.15, 0.2) is 5.78 Å². The highest BCUT2D eigenvalue weighted by molar-refractivity contribution is 6.32. The van der Waals surface area contributed by atoms with Gasteiger partial charge in [0.05, 0.1) is 18.6 Å². The second-order valence-corrected chi connectivity index (χ2v) is 9.37. The molecule has 0 unspecified atom stereocenters. The molecule has 170 valence electrons. The summed E-state index contributed by atoms with van der Waals surface area (Å²) in [7, 11) is 0. The van der Waals surface area contributed by atoms with E-state index in [-0.39, 0.29) is 11.7 Å². The third-order valence-electron chi connectivity index (χ3n) is 6.65. The summed E-state index contributed by atoms with van der Waals surface area (Å²) in [5, 5.41) is 0.628. The van der Waals surface area contributed by atoms with Gasteiger partial charge < -0.3 is 14.4 Å². The maximum atomic E-state index is 12.9. The van der Waals surface area contributed by atoms with Crippen LogP contribution in [0.3, 0.4) is 0 Å². The van der Waals surface area contributed by atoms with Gasteiger partial charge in [-0.2, -0.15) is 0 Å². The zero-order chi connectivity index (χ0) is 22.9. The lowest BCUT2D eigenvalue weighted by Crippen LogP contribution is -2.52. The van der Waals surface area contributed by atoms with Gasteiger partial charge in [0.2, 0.25) is 5.91 Å². The third-order valence-corrected chi connectivity index (χ3v) is 7.23. The fourth-order valence-corrected chi connectivity index (χ4v) is 4.87. The van der Waals surface area contributed by atoms with Gasteiger partial charge in [-0.1, -0.05) is 29.8 Å². The summed E-state index contributed by atoms with van der Waals surface area (Å²) < 4.78 is 12.2. The van der Waals surface area contributed by atoms with E-state index >= 15 is 0 Å². The Labute approximate surface area is 194 Å². The number of carbonyl (C=O) groups is 2. The lowest BCUT2D eigenvalue weighted by Gasteiger charge is -2.44. The van der Waals surface area contributed by atoms with E-state index < -0.39 is 5.60 Å². The first kappa shape index (κ1) is 22.7. The average Bonchev–Trinajstić information content (AvgIpc) is 2.76. The normalized spacial score (nSPS) is 17.1. The van der Waals surface area contributed by atoms with Crippen molar-refractivity contribution in [3.63, 3.8) is 0 Å². The number of amides is 1. The Hall–Kier alpha value is -2.53. The second-order valence-electron chi connectivity index (χ2n) is 8.99. The SMILES string of the molecule is Cc1ccccc1OCCCC(=O)N1CCC2(CC1)CC(=O)c1c(cc(C)c(Cl)c1C)O2. The minimum absolute atomic E-state index is 0.0822. The van der Waals surface area contributed by atoms with Crippen LogP contribution in [0.2, 0.25) is 5.02 Å². The molecule has 2 aromatic rings. The molecule has 1 amide bonds. The number of Topliss-reactive ketones (excluding diaryl/α,β-unsaturated/α-hetero) is 1. The minimum Gasteiger partial charge on any atom is -0.493 e. The Morgan fingerprint density at radius 2 is 1.88 bits per heavy atom. The van der Waals surface area contributed by atoms with Crippen molar-refractivity contribution < 1.29 is 19.1 Å². The van der Waals surface area contributed by atoms with E-state index in [4.69, 9.17) is 21.1 Å². The smallest absolute Gasteiger partial charge is 0.222 e. The number of likely N-dealkylation sites (tertiary alicyclic amines) is 1. The number of ketones is 1. The molecule has 0 saturated carbocycles. The van der Waals surface area contributed by atoms with Crippen molar-refractivity contribution in [2.45, 2.75) is 58.5 Å². The molecule has 2 aliphatic heterocycles. The van der Waals surface area contributed by atoms with E-state index in [0.29, 0.717) is 68.1 Å². The summed E-state index contributed by atoms with van der Waals surface area (Å²) in [5.74, 6) is 1.72. The highest BCUT2D eigenvalue weighted by Crippen LogP contribution is 2.43. The molecular formula is C26H30ClNO4. The second kappa shape index (κ2) is 9.14. The number of fused-ring (bicyclic) bond motifs is 1. The highest BCUT2D eigenvalue weighted by atomic mass is 35.5. The predicted octanol–water partition coefficient (Wildman–Crippen LogP) is 5.45. The maximum Gasteiger partial charge on any atom is 0.222 e. The summed E-state index contributed by atoms with van der Waals surface area (Å²) in [6.07, 6.45) is 2.79. The quantitative estimate of drug-likeness (QED) is 0.562. The lowest BCUT2D eigenvalue weighted by atomic mass is 9.81. The van der Waals surface area contributed by atoms with Crippen LogP contribution in [0.15, 0.2) is 30.3 Å². The number of hydrogen-bond acceptors (Lipinski definition) is 4. The van der Waals surface area contributed by atoms with Crippen LogP contribution in [-0.2, 0) is 4.79 Å². The van der Waals surface area contributed by atoms with Gasteiger partial charge in [-0.25, -0.2) is 0 Å². The van der Waals surface area contributed by atoms with Crippen LogP contribution in [-0.4, -0.2) is 41.9 Å². The third kappa shape index (κ3) is 4.49. The molecule has 0 atom stereocenters. The Bertz CT molecular complexity index is 1040. The molecule has 0 aromatic heterocycles. The number of carbonyl (C=O) groups excluding carboxylic acids is 2. The molecule has 4 rings (SSSR count). The molecule has 1 spiro atoms. The van der Waals surface area contributed by atoms with Crippen molar-refractivity contribution in [3.05, 3.63) is 57.6 Å². The van der Waals surface area contributed by atoms with Crippen molar-refractivity contribution in [2.24, 2.45) is 0 Å². The molecule has 6 heteroatoms. The van der Waals surface area contributed by atoms with Gasteiger partial charge in [-0.05, 0) is 56.0 Å². The molecule has 2 heterocycles. The Morgan fingerprint density at radius 3 is 2.59 bits per heavy atom. The molecule has 2 aliphatic rings. The molecule has 1 fully saturated rings. The molecule has 0 bridgehead atoms. The van der Waals surface area contributed by atoms with E-state index in [1.165, 1.54) is 0 Å². The van der Waals surface area contributed by atoms with Gasteiger partial charge in [-0.15, -0.1) is 0 Å². The fraction of sp³-hybridized carbons (Fsp3) is 0.462. The highest BCUT2D eigenvalue weighted by Gasteiger charge is 2.44. The molecular weight excluding hydrogens is 426 g/mol. The van der Waals surface area contributed by atoms with Crippen molar-refractivity contribution in [1.29, 1.82) is 0 Å². The summed E-state index contributed by atoms with van der Waals surface area (Å²) in [6, 6.07) is 9.76. The van der Waals surface area contributed by atoms with E-state index in [2.05, 4.69) is 0 Å². The van der Waals surface area contributed by atoms with Gasteiger partial charge in [0.1, 0.15) is 17.1 Å². The number of nitrogens with zero attached hydrogens (tertiary/aromatic N) is 1. The maximum absolute atomic E-state index is 12.9. The molecule has 0 N–H and O–H groups in total. The first-order valence-corrected chi connectivity index (χ1v) is 11.7. The van der Waals surface area contributed by atoms with E-state index in [0.717, 1.165) is 22.4 Å². The molecule has 32 heavy (non-hydrogen) atoms. The van der Waals surface area contributed by atoms with Crippen LogP contribution in [0.1, 0.15) is 59.2 Å². The number of rotatable bonds is 5. The summed E-state index contributed by atoms with van der Waals surface area (Å²) in [5.41, 5.74) is 2.88. The molecule has 1 saturated heterocycles. The van der Waals surface area contributed by atoms with Crippen LogP contribution in [0.4, 0.5) is 0 Å². The first-order chi connectivity index (χ1) is 15.3. The summed E-state index contributed by atoms with van der Waals surface area (Å²) in [4.78, 5) is 27.5. The topological polar surface area (TPSA) is 55.8 Å². The van der Waals surface area contributed by atoms with Crippen LogP contribution in [0.5, 0.6) is 11.5 Å². The largest absolute Gasteiger partial charge is 0.493 e. The Morgan fingerprint density at radius 1 is 1.16 bits per heavy atom. The zero-order valence-electron chi connectivity index (χ0n) is 19.0. The number of para-hydroxylation sites is 1. The number of hydrogen-bond donors (Lipinski definition) is 0. The lowest BCUT2D eigenvalue weighted by molar-refractivity contribution is -0.135. The first-order valence-electron chi connectivity index (χ1n) is 11.3. The number of ether oxygens (including phenoxy) is 2. The monoisotopic (exact) mass is 455 g/mol. The van der Waals surface area contributed by atoms with Crippen LogP contribution < -0.4 is 9.47 Å². The van der Waals surface area contributed by atoms with Crippen LogP contribution in [0.25, 0.3) is 0 Å². The van der Waals surface area contributed by atoms with Crippen molar-refractivity contribution in [3.8, 4) is 11.5 Å². The van der Waals surface area contributed by atoms with Crippen LogP contribution in [0, 0.1) is 20.8 Å². The summed E-state index contributed by atoms with van der Waals surface area (Å²) >= 11 is 6.34.